The first-order valence-electron chi connectivity index (χ1n) is 8.78. The highest BCUT2D eigenvalue weighted by Gasteiger charge is 2.36. The minimum absolute atomic E-state index is 0.0329. The average molecular weight is 423 g/mol. The molecule has 0 saturated carbocycles. The minimum Gasteiger partial charge on any atom is -0.463 e. The van der Waals surface area contributed by atoms with Gasteiger partial charge in [-0.2, -0.15) is 11.8 Å². The summed E-state index contributed by atoms with van der Waals surface area (Å²) < 4.78 is 5.28. The van der Waals surface area contributed by atoms with Crippen LogP contribution in [0, 0.1) is 16.0 Å². The summed E-state index contributed by atoms with van der Waals surface area (Å²) in [4.78, 5) is 51.6. The summed E-state index contributed by atoms with van der Waals surface area (Å²) in [6, 6.07) is -0.555. The number of thioether (sulfide) groups is 2. The highest BCUT2D eigenvalue weighted by molar-refractivity contribution is 8.13. The first kappa shape index (κ1) is 23.5. The van der Waals surface area contributed by atoms with Crippen LogP contribution in [0.5, 0.6) is 0 Å². The van der Waals surface area contributed by atoms with Crippen molar-refractivity contribution in [2.24, 2.45) is 5.92 Å². The summed E-state index contributed by atoms with van der Waals surface area (Å²) in [5, 5.41) is 9.14. The first-order valence-corrected chi connectivity index (χ1v) is 10.9. The van der Waals surface area contributed by atoms with Crippen molar-refractivity contribution < 1.29 is 29.0 Å². The molecule has 154 valence electrons. The maximum absolute atomic E-state index is 12.5. The Morgan fingerprint density at radius 3 is 2.70 bits per heavy atom. The van der Waals surface area contributed by atoms with Gasteiger partial charge in [-0.3, -0.25) is 9.59 Å². The molecule has 1 aliphatic heterocycles. The summed E-state index contributed by atoms with van der Waals surface area (Å²) in [6.45, 7) is 4.04. The molecule has 1 aliphatic rings. The Kier molecular flexibility index (Phi) is 11.2. The summed E-state index contributed by atoms with van der Waals surface area (Å²) in [5.74, 6) is 0.807. The molecule has 0 N–H and O–H groups in total. The third-order valence-electron chi connectivity index (χ3n) is 3.87. The van der Waals surface area contributed by atoms with Crippen molar-refractivity contribution in [2.45, 2.75) is 39.2 Å². The molecule has 1 fully saturated rings. The predicted octanol–water partition coefficient (Wildman–Crippen LogP) is 1.77. The lowest BCUT2D eigenvalue weighted by molar-refractivity contribution is -0.757. The van der Waals surface area contributed by atoms with E-state index >= 15 is 0 Å². The molecule has 0 radical (unpaired) electrons. The molecule has 0 aromatic heterocycles. The number of hydrogen-bond acceptors (Lipinski definition) is 9. The van der Waals surface area contributed by atoms with Crippen LogP contribution in [0.15, 0.2) is 0 Å². The number of ether oxygens (including phenoxy) is 1. The predicted molar refractivity (Wildman–Crippen MR) is 103 cm³/mol. The van der Waals surface area contributed by atoms with E-state index in [4.69, 9.17) is 4.74 Å². The van der Waals surface area contributed by atoms with Gasteiger partial charge in [0, 0.05) is 30.9 Å². The molecule has 0 aliphatic carbocycles. The van der Waals surface area contributed by atoms with Crippen LogP contribution in [0.2, 0.25) is 0 Å². The topological polar surface area (TPSA) is 116 Å². The number of amides is 1. The van der Waals surface area contributed by atoms with Gasteiger partial charge in [0.2, 0.25) is 5.91 Å². The average Bonchev–Trinajstić information content (AvgIpc) is 3.10. The van der Waals surface area contributed by atoms with Gasteiger partial charge >= 0.3 is 5.97 Å². The zero-order valence-electron chi connectivity index (χ0n) is 15.6. The Morgan fingerprint density at radius 2 is 2.04 bits per heavy atom. The van der Waals surface area contributed by atoms with Crippen LogP contribution in [0.1, 0.15) is 33.1 Å². The molecule has 0 aromatic rings. The fraction of sp³-hybridized carbons (Fsp3) is 0.812. The van der Waals surface area contributed by atoms with Crippen LogP contribution in [0.4, 0.5) is 0 Å². The van der Waals surface area contributed by atoms with Crippen LogP contribution >= 0.6 is 23.5 Å². The largest absolute Gasteiger partial charge is 0.463 e. The van der Waals surface area contributed by atoms with E-state index in [1.54, 1.807) is 11.8 Å². The monoisotopic (exact) mass is 422 g/mol. The van der Waals surface area contributed by atoms with Gasteiger partial charge in [0.1, 0.15) is 12.6 Å². The normalized spacial score (nSPS) is 17.4. The molecule has 9 nitrogen and oxygen atoms in total. The highest BCUT2D eigenvalue weighted by atomic mass is 32.2. The zero-order valence-corrected chi connectivity index (χ0v) is 17.2. The molecule has 11 heteroatoms. The Balaban J connectivity index is 2.27. The maximum Gasteiger partial charge on any atom is 0.328 e. The number of likely N-dealkylation sites (tertiary alicyclic amines) is 1. The van der Waals surface area contributed by atoms with Crippen molar-refractivity contribution in [3.8, 4) is 0 Å². The smallest absolute Gasteiger partial charge is 0.328 e. The maximum atomic E-state index is 12.5. The van der Waals surface area contributed by atoms with E-state index in [0.717, 1.165) is 18.2 Å². The van der Waals surface area contributed by atoms with Gasteiger partial charge < -0.3 is 14.5 Å². The number of esters is 1. The van der Waals surface area contributed by atoms with Gasteiger partial charge in [0.15, 0.2) is 5.12 Å². The van der Waals surface area contributed by atoms with E-state index in [2.05, 4.69) is 4.84 Å². The molecule has 2 unspecified atom stereocenters. The summed E-state index contributed by atoms with van der Waals surface area (Å²) in [5.41, 5.74) is 0. The fourth-order valence-corrected chi connectivity index (χ4v) is 3.93. The molecular weight excluding hydrogens is 396 g/mol. The van der Waals surface area contributed by atoms with Gasteiger partial charge in [0.05, 0.1) is 6.61 Å². The van der Waals surface area contributed by atoms with E-state index < -0.39 is 17.1 Å². The SMILES string of the molecule is CC(=O)SCC(C)C(=O)N1CCCC1C(=O)OCCSCCCO[N+](=O)[O-]. The van der Waals surface area contributed by atoms with Gasteiger partial charge in [-0.25, -0.2) is 4.79 Å². The highest BCUT2D eigenvalue weighted by Crippen LogP contribution is 2.22. The van der Waals surface area contributed by atoms with Crippen molar-refractivity contribution in [1.82, 2.24) is 4.90 Å². The van der Waals surface area contributed by atoms with Crippen LogP contribution in [-0.4, -0.2) is 70.0 Å². The molecule has 2 atom stereocenters. The van der Waals surface area contributed by atoms with Crippen LogP contribution in [0.25, 0.3) is 0 Å². The second kappa shape index (κ2) is 12.8. The number of rotatable bonds is 12. The molecule has 1 saturated heterocycles. The number of carbonyl (C=O) groups excluding carboxylic acids is 3. The molecule has 27 heavy (non-hydrogen) atoms. The first-order chi connectivity index (χ1) is 12.8. The lowest BCUT2D eigenvalue weighted by atomic mass is 10.1. The number of carbonyl (C=O) groups is 3. The van der Waals surface area contributed by atoms with Crippen molar-refractivity contribution in [3.05, 3.63) is 10.1 Å². The molecule has 0 bridgehead atoms. The Morgan fingerprint density at radius 1 is 1.30 bits per heavy atom. The van der Waals surface area contributed by atoms with E-state index in [1.165, 1.54) is 18.7 Å². The Labute approximate surface area is 167 Å². The van der Waals surface area contributed by atoms with Crippen LogP contribution < -0.4 is 0 Å². The summed E-state index contributed by atoms with van der Waals surface area (Å²) in [7, 11) is 0. The van der Waals surface area contributed by atoms with Crippen LogP contribution in [-0.2, 0) is 24.0 Å². The number of hydrogen-bond donors (Lipinski definition) is 0. The van der Waals surface area contributed by atoms with Gasteiger partial charge in [-0.05, 0) is 25.0 Å². The second-order valence-electron chi connectivity index (χ2n) is 6.08. The van der Waals surface area contributed by atoms with E-state index in [-0.39, 0.29) is 30.2 Å². The van der Waals surface area contributed by atoms with Crippen LogP contribution in [0.3, 0.4) is 0 Å². The third kappa shape index (κ3) is 9.32. The lowest BCUT2D eigenvalue weighted by Gasteiger charge is -2.26. The molecule has 1 rings (SSSR count). The summed E-state index contributed by atoms with van der Waals surface area (Å²) >= 11 is 2.63. The van der Waals surface area contributed by atoms with E-state index in [9.17, 15) is 24.5 Å². The molecule has 0 aromatic carbocycles. The van der Waals surface area contributed by atoms with E-state index in [0.29, 0.717) is 36.6 Å². The zero-order chi connectivity index (χ0) is 20.2. The fourth-order valence-electron chi connectivity index (χ4n) is 2.57. The second-order valence-corrected chi connectivity index (χ2v) is 8.51. The van der Waals surface area contributed by atoms with Crippen molar-refractivity contribution in [3.63, 3.8) is 0 Å². The van der Waals surface area contributed by atoms with Crippen molar-refractivity contribution in [1.29, 1.82) is 0 Å². The van der Waals surface area contributed by atoms with Crippen molar-refractivity contribution in [2.75, 3.05) is 37.0 Å². The quantitative estimate of drug-likeness (QED) is 0.201. The number of nitrogens with zero attached hydrogens (tertiary/aromatic N) is 2. The summed E-state index contributed by atoms with van der Waals surface area (Å²) in [6.07, 6.45) is 1.88. The lowest BCUT2D eigenvalue weighted by Crippen LogP contribution is -2.44. The van der Waals surface area contributed by atoms with E-state index in [1.807, 2.05) is 0 Å². The van der Waals surface area contributed by atoms with Gasteiger partial charge in [-0.1, -0.05) is 18.7 Å². The van der Waals surface area contributed by atoms with Gasteiger partial charge in [-0.15, -0.1) is 10.1 Å². The van der Waals surface area contributed by atoms with Gasteiger partial charge in [0.25, 0.3) is 5.09 Å². The standard InChI is InChI=1S/C16H26N2O7S2/c1-12(11-27-13(2)19)15(20)17-6-3-5-14(17)16(21)24-8-10-26-9-4-7-25-18(22)23/h12,14H,3-11H2,1-2H3. The Hall–Kier alpha value is -1.49. The molecule has 0 spiro atoms. The molecule has 1 heterocycles. The third-order valence-corrected chi connectivity index (χ3v) is 5.97. The Bertz CT molecular complexity index is 533. The minimum atomic E-state index is -0.819. The molecule has 1 amide bonds. The van der Waals surface area contributed by atoms with Crippen molar-refractivity contribution >= 4 is 40.5 Å². The molecular formula is C16H26N2O7S2.